The van der Waals surface area contributed by atoms with Crippen molar-refractivity contribution < 1.29 is 4.74 Å². The van der Waals surface area contributed by atoms with Crippen LogP contribution in [0.15, 0.2) is 30.3 Å². The monoisotopic (exact) mass is 234 g/mol. The number of anilines is 1. The summed E-state index contributed by atoms with van der Waals surface area (Å²) in [5.74, 6) is 0. The fourth-order valence-corrected chi connectivity index (χ4v) is 2.37. The van der Waals surface area contributed by atoms with Crippen molar-refractivity contribution in [3.05, 3.63) is 30.3 Å². The van der Waals surface area contributed by atoms with Crippen LogP contribution in [0.1, 0.15) is 19.3 Å². The number of rotatable bonds is 5. The molecule has 0 aromatic heterocycles. The molecule has 0 aliphatic carbocycles. The molecule has 1 fully saturated rings. The molecule has 1 heterocycles. The third-order valence-corrected chi connectivity index (χ3v) is 3.27. The number of hydrogen-bond acceptors (Lipinski definition) is 3. The molecule has 3 nitrogen and oxygen atoms in total. The minimum Gasteiger partial charge on any atom is -0.379 e. The molecule has 1 aromatic carbocycles. The third-order valence-electron chi connectivity index (χ3n) is 3.27. The van der Waals surface area contributed by atoms with E-state index in [4.69, 9.17) is 10.5 Å². The molecule has 94 valence electrons. The van der Waals surface area contributed by atoms with E-state index in [1.54, 1.807) is 0 Å². The predicted molar refractivity (Wildman–Crippen MR) is 71.3 cm³/mol. The first-order valence-electron chi connectivity index (χ1n) is 6.51. The van der Waals surface area contributed by atoms with Crippen LogP contribution in [0.2, 0.25) is 0 Å². The summed E-state index contributed by atoms with van der Waals surface area (Å²) in [6.07, 6.45) is 3.42. The molecule has 1 saturated heterocycles. The van der Waals surface area contributed by atoms with Gasteiger partial charge in [0.05, 0.1) is 12.6 Å². The van der Waals surface area contributed by atoms with Gasteiger partial charge in [0.1, 0.15) is 0 Å². The standard InChI is InChI=1S/C14H22N2O/c15-9-5-10-16(13-6-2-1-3-7-13)14-8-4-11-17-12-14/h1-3,6-7,14H,4-5,8-12,15H2. The Bertz CT molecular complexity index is 309. The molecule has 0 saturated carbocycles. The van der Waals surface area contributed by atoms with Gasteiger partial charge < -0.3 is 15.4 Å². The van der Waals surface area contributed by atoms with Gasteiger partial charge >= 0.3 is 0 Å². The maximum atomic E-state index is 5.63. The Hall–Kier alpha value is -1.06. The van der Waals surface area contributed by atoms with Gasteiger partial charge in [-0.2, -0.15) is 0 Å². The third kappa shape index (κ3) is 3.45. The summed E-state index contributed by atoms with van der Waals surface area (Å²) < 4.78 is 5.59. The number of para-hydroxylation sites is 1. The Morgan fingerprint density at radius 3 is 2.76 bits per heavy atom. The van der Waals surface area contributed by atoms with Gasteiger partial charge in [0, 0.05) is 18.8 Å². The lowest BCUT2D eigenvalue weighted by molar-refractivity contribution is 0.0792. The Kier molecular flexibility index (Phi) is 4.83. The molecule has 1 unspecified atom stereocenters. The second-order valence-corrected chi connectivity index (χ2v) is 4.54. The number of ether oxygens (including phenoxy) is 1. The van der Waals surface area contributed by atoms with Crippen LogP contribution in [0.4, 0.5) is 5.69 Å². The molecule has 1 atom stereocenters. The summed E-state index contributed by atoms with van der Waals surface area (Å²) >= 11 is 0. The van der Waals surface area contributed by atoms with Crippen LogP contribution in [0, 0.1) is 0 Å². The molecular formula is C14H22N2O. The average molecular weight is 234 g/mol. The first kappa shape index (κ1) is 12.4. The van der Waals surface area contributed by atoms with E-state index in [0.29, 0.717) is 6.04 Å². The van der Waals surface area contributed by atoms with Gasteiger partial charge in [-0.15, -0.1) is 0 Å². The van der Waals surface area contributed by atoms with E-state index in [9.17, 15) is 0 Å². The number of nitrogens with two attached hydrogens (primary N) is 1. The summed E-state index contributed by atoms with van der Waals surface area (Å²) in [5, 5.41) is 0. The van der Waals surface area contributed by atoms with Crippen LogP contribution >= 0.6 is 0 Å². The summed E-state index contributed by atoms with van der Waals surface area (Å²) in [7, 11) is 0. The fraction of sp³-hybridized carbons (Fsp3) is 0.571. The van der Waals surface area contributed by atoms with Gasteiger partial charge in [0.25, 0.3) is 0 Å². The van der Waals surface area contributed by atoms with Crippen molar-refractivity contribution in [2.45, 2.75) is 25.3 Å². The molecule has 1 aromatic rings. The van der Waals surface area contributed by atoms with Crippen LogP contribution < -0.4 is 10.6 Å². The van der Waals surface area contributed by atoms with Gasteiger partial charge in [-0.25, -0.2) is 0 Å². The van der Waals surface area contributed by atoms with Crippen molar-refractivity contribution in [2.24, 2.45) is 5.73 Å². The molecule has 0 spiro atoms. The van der Waals surface area contributed by atoms with Gasteiger partial charge in [0.15, 0.2) is 0 Å². The van der Waals surface area contributed by atoms with Crippen molar-refractivity contribution in [1.29, 1.82) is 0 Å². The highest BCUT2D eigenvalue weighted by Crippen LogP contribution is 2.21. The lowest BCUT2D eigenvalue weighted by Gasteiger charge is -2.36. The minimum absolute atomic E-state index is 0.512. The van der Waals surface area contributed by atoms with Crippen molar-refractivity contribution in [3.8, 4) is 0 Å². The lowest BCUT2D eigenvalue weighted by Crippen LogP contribution is -2.42. The molecule has 0 radical (unpaired) electrons. The SMILES string of the molecule is NCCCN(c1ccccc1)C1CCCOC1. The summed E-state index contributed by atoms with van der Waals surface area (Å²) in [5.41, 5.74) is 6.91. The zero-order valence-corrected chi connectivity index (χ0v) is 10.3. The smallest absolute Gasteiger partial charge is 0.0669 e. The van der Waals surface area contributed by atoms with Gasteiger partial charge in [-0.3, -0.25) is 0 Å². The highest BCUT2D eigenvalue weighted by atomic mass is 16.5. The first-order chi connectivity index (χ1) is 8.42. The van der Waals surface area contributed by atoms with Crippen molar-refractivity contribution in [3.63, 3.8) is 0 Å². The second kappa shape index (κ2) is 6.62. The largest absolute Gasteiger partial charge is 0.379 e. The molecule has 1 aliphatic heterocycles. The van der Waals surface area contributed by atoms with Crippen LogP contribution in [0.25, 0.3) is 0 Å². The van der Waals surface area contributed by atoms with E-state index in [-0.39, 0.29) is 0 Å². The van der Waals surface area contributed by atoms with E-state index in [2.05, 4.69) is 35.2 Å². The molecule has 0 bridgehead atoms. The molecule has 3 heteroatoms. The number of nitrogens with zero attached hydrogens (tertiary/aromatic N) is 1. The van der Waals surface area contributed by atoms with Gasteiger partial charge in [-0.1, -0.05) is 18.2 Å². The molecule has 17 heavy (non-hydrogen) atoms. The summed E-state index contributed by atoms with van der Waals surface area (Å²) in [6.45, 7) is 3.53. The Labute approximate surface area is 104 Å². The highest BCUT2D eigenvalue weighted by molar-refractivity contribution is 5.47. The van der Waals surface area contributed by atoms with Crippen molar-refractivity contribution >= 4 is 5.69 Å². The number of benzene rings is 1. The van der Waals surface area contributed by atoms with Crippen molar-refractivity contribution in [2.75, 3.05) is 31.2 Å². The lowest BCUT2D eigenvalue weighted by atomic mass is 10.1. The Balaban J connectivity index is 2.06. The van der Waals surface area contributed by atoms with Crippen LogP contribution in [-0.4, -0.2) is 32.3 Å². The van der Waals surface area contributed by atoms with Gasteiger partial charge in [-0.05, 0) is 37.9 Å². The van der Waals surface area contributed by atoms with E-state index in [0.717, 1.165) is 39.1 Å². The second-order valence-electron chi connectivity index (χ2n) is 4.54. The van der Waals surface area contributed by atoms with Crippen molar-refractivity contribution in [1.82, 2.24) is 0 Å². The highest BCUT2D eigenvalue weighted by Gasteiger charge is 2.21. The normalized spacial score (nSPS) is 20.2. The molecule has 2 rings (SSSR count). The zero-order valence-electron chi connectivity index (χ0n) is 10.3. The maximum absolute atomic E-state index is 5.63. The molecule has 0 amide bonds. The maximum Gasteiger partial charge on any atom is 0.0669 e. The summed E-state index contributed by atoms with van der Waals surface area (Å²) in [4.78, 5) is 2.45. The number of hydrogen-bond donors (Lipinski definition) is 1. The topological polar surface area (TPSA) is 38.5 Å². The van der Waals surface area contributed by atoms with E-state index in [1.807, 2.05) is 0 Å². The van der Waals surface area contributed by atoms with E-state index in [1.165, 1.54) is 12.1 Å². The van der Waals surface area contributed by atoms with Crippen LogP contribution in [0.3, 0.4) is 0 Å². The Morgan fingerprint density at radius 2 is 2.12 bits per heavy atom. The van der Waals surface area contributed by atoms with Crippen LogP contribution in [0.5, 0.6) is 0 Å². The molecular weight excluding hydrogens is 212 g/mol. The average Bonchev–Trinajstić information content (AvgIpc) is 2.42. The predicted octanol–water partition coefficient (Wildman–Crippen LogP) is 2.02. The van der Waals surface area contributed by atoms with E-state index >= 15 is 0 Å². The van der Waals surface area contributed by atoms with Gasteiger partial charge in [0.2, 0.25) is 0 Å². The fourth-order valence-electron chi connectivity index (χ4n) is 2.37. The quantitative estimate of drug-likeness (QED) is 0.847. The summed E-state index contributed by atoms with van der Waals surface area (Å²) in [6, 6.07) is 11.1. The Morgan fingerprint density at radius 1 is 1.29 bits per heavy atom. The van der Waals surface area contributed by atoms with Crippen LogP contribution in [-0.2, 0) is 4.74 Å². The van der Waals surface area contributed by atoms with E-state index < -0.39 is 0 Å². The zero-order chi connectivity index (χ0) is 11.9. The molecule has 2 N–H and O–H groups in total. The minimum atomic E-state index is 0.512. The first-order valence-corrected chi connectivity index (χ1v) is 6.51. The molecule has 1 aliphatic rings.